The number of tetrazole rings is 1. The molecular weight excluding hydrogens is 557 g/mol. The molecule has 2 aromatic carbocycles. The number of carboxylic acids is 1. The van der Waals surface area contributed by atoms with Crippen LogP contribution in [0.1, 0.15) is 48.0 Å². The molecule has 1 atom stereocenters. The second-order valence-electron chi connectivity index (χ2n) is 9.29. The first kappa shape index (κ1) is 29.3. The number of hydrogen-bond acceptors (Lipinski definition) is 7. The second-order valence-corrected chi connectivity index (χ2v) is 9.70. The van der Waals surface area contributed by atoms with Crippen molar-refractivity contribution in [1.82, 2.24) is 30.4 Å². The lowest BCUT2D eigenvalue weighted by Crippen LogP contribution is -2.44. The van der Waals surface area contributed by atoms with E-state index in [0.29, 0.717) is 18.8 Å². The molecule has 0 bridgehead atoms. The number of aromatic carboxylic acids is 1. The number of carbonyl (C=O) groups excluding carboxylic acids is 3. The maximum Gasteiger partial charge on any atom is 0.335 e. The number of halogens is 2. The minimum atomic E-state index is -1.12. The van der Waals surface area contributed by atoms with Gasteiger partial charge in [0.25, 0.3) is 0 Å². The number of carbonyl (C=O) groups is 4. The smallest absolute Gasteiger partial charge is 0.335 e. The summed E-state index contributed by atoms with van der Waals surface area (Å²) in [6.07, 6.45) is 6.39. The molecule has 1 aliphatic rings. The average molecular weight is 584 g/mol. The SMILES string of the molecule is O=C(/C=C/c1c(-n2cnnn2)ccc(Cl)c1F)N[C@@H](CCC(=O)N1CCCCC1)C(=O)Nc1ccc(C(=O)O)cc1. The molecule has 14 heteroatoms. The fraction of sp³-hybridized carbons (Fsp3) is 0.296. The van der Waals surface area contributed by atoms with Crippen LogP contribution in [0.4, 0.5) is 10.1 Å². The van der Waals surface area contributed by atoms with Gasteiger partial charge in [-0.25, -0.2) is 9.18 Å². The van der Waals surface area contributed by atoms with Crippen LogP contribution in [0.3, 0.4) is 0 Å². The van der Waals surface area contributed by atoms with Crippen molar-refractivity contribution in [1.29, 1.82) is 0 Å². The van der Waals surface area contributed by atoms with E-state index in [2.05, 4.69) is 26.2 Å². The van der Waals surface area contributed by atoms with Gasteiger partial charge in [-0.1, -0.05) is 11.6 Å². The van der Waals surface area contributed by atoms with E-state index in [4.69, 9.17) is 16.7 Å². The Morgan fingerprint density at radius 2 is 1.80 bits per heavy atom. The highest BCUT2D eigenvalue weighted by atomic mass is 35.5. The van der Waals surface area contributed by atoms with Gasteiger partial charge in [0.2, 0.25) is 17.7 Å². The molecule has 12 nitrogen and oxygen atoms in total. The van der Waals surface area contributed by atoms with E-state index in [-0.39, 0.29) is 40.6 Å². The molecule has 1 aliphatic heterocycles. The normalized spacial score (nSPS) is 14.0. The molecule has 0 aliphatic carbocycles. The monoisotopic (exact) mass is 583 g/mol. The van der Waals surface area contributed by atoms with Crippen LogP contribution in [0, 0.1) is 5.82 Å². The van der Waals surface area contributed by atoms with Crippen LogP contribution in [0.25, 0.3) is 11.8 Å². The van der Waals surface area contributed by atoms with E-state index in [0.717, 1.165) is 25.3 Å². The van der Waals surface area contributed by atoms with Gasteiger partial charge in [0.15, 0.2) is 5.82 Å². The molecule has 214 valence electrons. The van der Waals surface area contributed by atoms with Gasteiger partial charge >= 0.3 is 5.97 Å². The number of anilines is 1. The van der Waals surface area contributed by atoms with Crippen molar-refractivity contribution in [2.24, 2.45) is 0 Å². The minimum Gasteiger partial charge on any atom is -0.478 e. The first-order valence-electron chi connectivity index (χ1n) is 12.8. The van der Waals surface area contributed by atoms with Crippen LogP contribution in [-0.2, 0) is 14.4 Å². The highest BCUT2D eigenvalue weighted by Gasteiger charge is 2.24. The quantitative estimate of drug-likeness (QED) is 0.307. The molecule has 3 aromatic rings. The van der Waals surface area contributed by atoms with Gasteiger partial charge in [0.1, 0.15) is 12.4 Å². The van der Waals surface area contributed by atoms with Crippen LogP contribution >= 0.6 is 11.6 Å². The van der Waals surface area contributed by atoms with E-state index >= 15 is 0 Å². The van der Waals surface area contributed by atoms with Crippen molar-refractivity contribution in [3.05, 3.63) is 70.8 Å². The van der Waals surface area contributed by atoms with Crippen molar-refractivity contribution < 1.29 is 28.7 Å². The van der Waals surface area contributed by atoms with Crippen molar-refractivity contribution in [2.75, 3.05) is 18.4 Å². The van der Waals surface area contributed by atoms with E-state index in [1.807, 2.05) is 0 Å². The van der Waals surface area contributed by atoms with Gasteiger partial charge < -0.3 is 20.6 Å². The van der Waals surface area contributed by atoms with Crippen LogP contribution < -0.4 is 10.6 Å². The van der Waals surface area contributed by atoms with Gasteiger partial charge in [-0.2, -0.15) is 4.68 Å². The zero-order valence-corrected chi connectivity index (χ0v) is 22.6. The highest BCUT2D eigenvalue weighted by Crippen LogP contribution is 2.25. The number of nitrogens with one attached hydrogen (secondary N) is 2. The number of aromatic nitrogens is 4. The third-order valence-electron chi connectivity index (χ3n) is 6.49. The Bertz CT molecular complexity index is 1440. The Morgan fingerprint density at radius 1 is 1.07 bits per heavy atom. The molecule has 0 radical (unpaired) electrons. The van der Waals surface area contributed by atoms with Crippen LogP contribution in [-0.4, -0.2) is 73.0 Å². The lowest BCUT2D eigenvalue weighted by atomic mass is 10.1. The number of likely N-dealkylation sites (tertiary alicyclic amines) is 1. The Hall–Kier alpha value is -4.65. The Balaban J connectivity index is 1.50. The fourth-order valence-corrected chi connectivity index (χ4v) is 4.49. The predicted octanol–water partition coefficient (Wildman–Crippen LogP) is 3.08. The molecule has 3 N–H and O–H groups in total. The fourth-order valence-electron chi connectivity index (χ4n) is 4.33. The number of nitrogens with zero attached hydrogens (tertiary/aromatic N) is 5. The summed E-state index contributed by atoms with van der Waals surface area (Å²) in [7, 11) is 0. The number of piperidine rings is 1. The number of hydrogen-bond donors (Lipinski definition) is 3. The summed E-state index contributed by atoms with van der Waals surface area (Å²) in [6, 6.07) is 7.18. The predicted molar refractivity (Wildman–Crippen MR) is 147 cm³/mol. The van der Waals surface area contributed by atoms with Gasteiger partial charge in [0.05, 0.1) is 16.3 Å². The third-order valence-corrected chi connectivity index (χ3v) is 6.79. The Kier molecular flexibility index (Phi) is 9.74. The zero-order chi connectivity index (χ0) is 29.4. The highest BCUT2D eigenvalue weighted by molar-refractivity contribution is 6.31. The summed E-state index contributed by atoms with van der Waals surface area (Å²) in [5.74, 6) is -3.36. The first-order chi connectivity index (χ1) is 19.7. The van der Waals surface area contributed by atoms with Gasteiger partial charge in [0, 0.05) is 36.8 Å². The van der Waals surface area contributed by atoms with Gasteiger partial charge in [-0.3, -0.25) is 14.4 Å². The molecule has 1 fully saturated rings. The number of amides is 3. The molecule has 4 rings (SSSR count). The first-order valence-corrected chi connectivity index (χ1v) is 13.2. The van der Waals surface area contributed by atoms with Crippen molar-refractivity contribution >= 4 is 47.1 Å². The molecule has 1 saturated heterocycles. The van der Waals surface area contributed by atoms with E-state index < -0.39 is 29.6 Å². The number of benzene rings is 2. The molecule has 41 heavy (non-hydrogen) atoms. The molecular formula is C27H27ClFN7O5. The topological polar surface area (TPSA) is 159 Å². The molecule has 0 unspecified atom stereocenters. The van der Waals surface area contributed by atoms with E-state index in [9.17, 15) is 23.6 Å². The maximum atomic E-state index is 14.9. The van der Waals surface area contributed by atoms with E-state index in [1.165, 1.54) is 53.5 Å². The largest absolute Gasteiger partial charge is 0.478 e. The Morgan fingerprint density at radius 3 is 2.46 bits per heavy atom. The van der Waals surface area contributed by atoms with Crippen LogP contribution in [0.15, 0.2) is 48.8 Å². The minimum absolute atomic E-state index is 0.00928. The average Bonchev–Trinajstić information content (AvgIpc) is 3.51. The molecule has 0 spiro atoms. The molecule has 1 aromatic heterocycles. The molecule has 2 heterocycles. The van der Waals surface area contributed by atoms with Crippen molar-refractivity contribution in [2.45, 2.75) is 38.1 Å². The maximum absolute atomic E-state index is 14.9. The number of carboxylic acid groups (broad SMARTS) is 1. The van der Waals surface area contributed by atoms with Gasteiger partial charge in [-0.15, -0.1) is 5.10 Å². The summed E-state index contributed by atoms with van der Waals surface area (Å²) in [6.45, 7) is 1.30. The summed E-state index contributed by atoms with van der Waals surface area (Å²) in [5.41, 5.74) is 0.524. The number of rotatable bonds is 10. The van der Waals surface area contributed by atoms with Crippen molar-refractivity contribution in [3.63, 3.8) is 0 Å². The van der Waals surface area contributed by atoms with E-state index in [1.54, 1.807) is 4.90 Å². The van der Waals surface area contributed by atoms with Crippen LogP contribution in [0.2, 0.25) is 5.02 Å². The Labute approximate surface area is 239 Å². The van der Waals surface area contributed by atoms with Crippen LogP contribution in [0.5, 0.6) is 0 Å². The lowest BCUT2D eigenvalue weighted by Gasteiger charge is -2.27. The lowest BCUT2D eigenvalue weighted by molar-refractivity contribution is -0.132. The molecule has 0 saturated carbocycles. The zero-order valence-electron chi connectivity index (χ0n) is 21.8. The second kappa shape index (κ2) is 13.6. The molecule has 3 amide bonds. The van der Waals surface area contributed by atoms with Gasteiger partial charge in [-0.05, 0) is 78.6 Å². The summed E-state index contributed by atoms with van der Waals surface area (Å²) in [5, 5.41) is 24.9. The summed E-state index contributed by atoms with van der Waals surface area (Å²) in [4.78, 5) is 51.6. The summed E-state index contributed by atoms with van der Waals surface area (Å²) >= 11 is 5.94. The third kappa shape index (κ3) is 7.72. The standard InChI is InChI=1S/C27H27ClFN7O5/c28-20-9-11-22(36-16-30-33-34-36)19(25(20)29)8-12-23(37)32-21(10-13-24(38)35-14-2-1-3-15-35)26(39)31-18-6-4-17(5-7-18)27(40)41/h4-9,11-12,16,21H,1-3,10,13-15H2,(H,31,39)(H,32,37)(H,40,41)/b12-8+/t21-/m0/s1. The summed E-state index contributed by atoms with van der Waals surface area (Å²) < 4.78 is 16.1. The van der Waals surface area contributed by atoms with Crippen molar-refractivity contribution in [3.8, 4) is 5.69 Å².